The summed E-state index contributed by atoms with van der Waals surface area (Å²) >= 11 is 0. The van der Waals surface area contributed by atoms with Crippen LogP contribution in [0.4, 0.5) is 5.69 Å². The van der Waals surface area contributed by atoms with Crippen LogP contribution in [0.25, 0.3) is 0 Å². The van der Waals surface area contributed by atoms with E-state index in [0.29, 0.717) is 11.7 Å². The second kappa shape index (κ2) is 8.96. The zero-order valence-corrected chi connectivity index (χ0v) is 14.9. The van der Waals surface area contributed by atoms with E-state index in [1.54, 1.807) is 14.2 Å². The maximum atomic E-state index is 5.90. The first kappa shape index (κ1) is 17.9. The monoisotopic (exact) mass is 405 g/mol. The summed E-state index contributed by atoms with van der Waals surface area (Å²) in [5.74, 6) is 2.81. The molecule has 1 aliphatic rings. The van der Waals surface area contributed by atoms with Crippen molar-refractivity contribution in [3.8, 4) is 11.5 Å². The number of hydrogen-bond donors (Lipinski definition) is 2. The SMILES string of the molecule is COc1ccc(OC)c(NC(N)=NCCCC2CC2)c1.I. The van der Waals surface area contributed by atoms with Crippen LogP contribution in [0.2, 0.25) is 0 Å². The Labute approximate surface area is 143 Å². The average molecular weight is 405 g/mol. The number of guanidine groups is 1. The molecule has 0 amide bonds. The number of methoxy groups -OCH3 is 2. The van der Waals surface area contributed by atoms with Crippen LogP contribution < -0.4 is 20.5 Å². The Bertz CT molecular complexity index is 476. The van der Waals surface area contributed by atoms with Gasteiger partial charge in [-0.15, -0.1) is 24.0 Å². The lowest BCUT2D eigenvalue weighted by molar-refractivity contribution is 0.405. The predicted molar refractivity (Wildman–Crippen MR) is 97.0 cm³/mol. The van der Waals surface area contributed by atoms with Gasteiger partial charge in [-0.2, -0.15) is 0 Å². The molecule has 3 N–H and O–H groups in total. The van der Waals surface area contributed by atoms with Gasteiger partial charge in [-0.3, -0.25) is 4.99 Å². The van der Waals surface area contributed by atoms with Gasteiger partial charge in [-0.05, 0) is 30.9 Å². The van der Waals surface area contributed by atoms with Crippen molar-refractivity contribution >= 4 is 35.6 Å². The van der Waals surface area contributed by atoms with Gasteiger partial charge in [0, 0.05) is 12.6 Å². The molecule has 1 aliphatic carbocycles. The Balaban J connectivity index is 0.00000220. The molecule has 1 aromatic rings. The minimum absolute atomic E-state index is 0. The molecule has 0 aliphatic heterocycles. The first-order valence-electron chi connectivity index (χ1n) is 7.02. The van der Waals surface area contributed by atoms with Gasteiger partial charge in [0.25, 0.3) is 0 Å². The van der Waals surface area contributed by atoms with Gasteiger partial charge < -0.3 is 20.5 Å². The third-order valence-electron chi connectivity index (χ3n) is 3.42. The minimum atomic E-state index is 0. The Morgan fingerprint density at radius 3 is 2.71 bits per heavy atom. The number of ether oxygens (including phenoxy) is 2. The standard InChI is InChI=1S/C15H23N3O2.HI/c1-19-12-7-8-14(20-2)13(10-12)18-15(16)17-9-3-4-11-5-6-11;/h7-8,10-11H,3-6,9H2,1-2H3,(H3,16,17,18);1H. The van der Waals surface area contributed by atoms with Gasteiger partial charge in [-0.25, -0.2) is 0 Å². The van der Waals surface area contributed by atoms with Crippen molar-refractivity contribution in [3.05, 3.63) is 18.2 Å². The quantitative estimate of drug-likeness (QED) is 0.316. The molecular weight excluding hydrogens is 381 g/mol. The summed E-state index contributed by atoms with van der Waals surface area (Å²) in [7, 11) is 3.25. The molecule has 1 aromatic carbocycles. The summed E-state index contributed by atoms with van der Waals surface area (Å²) < 4.78 is 10.5. The molecule has 0 radical (unpaired) electrons. The molecule has 2 rings (SSSR count). The van der Waals surface area contributed by atoms with E-state index >= 15 is 0 Å². The summed E-state index contributed by atoms with van der Waals surface area (Å²) in [6.45, 7) is 0.765. The zero-order chi connectivity index (χ0) is 14.4. The predicted octanol–water partition coefficient (Wildman–Crippen LogP) is 3.24. The first-order chi connectivity index (χ1) is 9.72. The van der Waals surface area contributed by atoms with Crippen LogP contribution in [-0.2, 0) is 0 Å². The van der Waals surface area contributed by atoms with E-state index in [2.05, 4.69) is 10.3 Å². The Hall–Kier alpha value is -1.18. The molecule has 1 saturated carbocycles. The highest BCUT2D eigenvalue weighted by Crippen LogP contribution is 2.33. The van der Waals surface area contributed by atoms with E-state index in [0.717, 1.165) is 30.3 Å². The molecule has 5 nitrogen and oxygen atoms in total. The number of nitrogens with one attached hydrogen (secondary N) is 1. The molecule has 21 heavy (non-hydrogen) atoms. The minimum Gasteiger partial charge on any atom is -0.497 e. The number of rotatable bonds is 7. The number of halogens is 1. The van der Waals surface area contributed by atoms with Gasteiger partial charge >= 0.3 is 0 Å². The molecule has 0 bridgehead atoms. The number of nitrogens with zero attached hydrogens (tertiary/aromatic N) is 1. The first-order valence-corrected chi connectivity index (χ1v) is 7.02. The molecule has 1 fully saturated rings. The molecule has 0 spiro atoms. The van der Waals surface area contributed by atoms with Gasteiger partial charge in [0.2, 0.25) is 0 Å². The third-order valence-corrected chi connectivity index (χ3v) is 3.42. The van der Waals surface area contributed by atoms with Crippen molar-refractivity contribution in [3.63, 3.8) is 0 Å². The van der Waals surface area contributed by atoms with Crippen molar-refractivity contribution in [2.24, 2.45) is 16.6 Å². The van der Waals surface area contributed by atoms with Crippen molar-refractivity contribution in [2.45, 2.75) is 25.7 Å². The van der Waals surface area contributed by atoms with E-state index in [9.17, 15) is 0 Å². The summed E-state index contributed by atoms with van der Waals surface area (Å²) in [5, 5.41) is 3.06. The van der Waals surface area contributed by atoms with Crippen LogP contribution in [-0.4, -0.2) is 26.7 Å². The molecule has 0 saturated heterocycles. The largest absolute Gasteiger partial charge is 0.497 e. The second-order valence-electron chi connectivity index (χ2n) is 5.04. The Kier molecular flexibility index (Phi) is 7.63. The average Bonchev–Trinajstić information content (AvgIpc) is 3.27. The van der Waals surface area contributed by atoms with Gasteiger partial charge in [0.15, 0.2) is 5.96 Å². The Morgan fingerprint density at radius 2 is 2.10 bits per heavy atom. The van der Waals surface area contributed by atoms with E-state index < -0.39 is 0 Å². The van der Waals surface area contributed by atoms with Crippen LogP contribution in [0.1, 0.15) is 25.7 Å². The van der Waals surface area contributed by atoms with Gasteiger partial charge in [0.05, 0.1) is 19.9 Å². The van der Waals surface area contributed by atoms with Gasteiger partial charge in [-0.1, -0.05) is 12.8 Å². The third kappa shape index (κ3) is 5.99. The summed E-state index contributed by atoms with van der Waals surface area (Å²) in [4.78, 5) is 4.34. The topological polar surface area (TPSA) is 68.9 Å². The highest BCUT2D eigenvalue weighted by molar-refractivity contribution is 14.0. The second-order valence-corrected chi connectivity index (χ2v) is 5.04. The van der Waals surface area contributed by atoms with E-state index in [-0.39, 0.29) is 24.0 Å². The number of hydrogen-bond acceptors (Lipinski definition) is 3. The maximum Gasteiger partial charge on any atom is 0.193 e. The maximum absolute atomic E-state index is 5.90. The van der Waals surface area contributed by atoms with Crippen molar-refractivity contribution in [1.29, 1.82) is 0 Å². The van der Waals surface area contributed by atoms with Crippen molar-refractivity contribution in [2.75, 3.05) is 26.1 Å². The molecule has 0 heterocycles. The lowest BCUT2D eigenvalue weighted by Crippen LogP contribution is -2.23. The number of aliphatic imine (C=N–C) groups is 1. The zero-order valence-electron chi connectivity index (χ0n) is 12.6. The highest BCUT2D eigenvalue weighted by atomic mass is 127. The molecule has 0 atom stereocenters. The smallest absolute Gasteiger partial charge is 0.193 e. The summed E-state index contributed by atoms with van der Waals surface area (Å²) in [5.41, 5.74) is 6.66. The fourth-order valence-electron chi connectivity index (χ4n) is 2.08. The van der Waals surface area contributed by atoms with Crippen LogP contribution in [0.5, 0.6) is 11.5 Å². The normalized spacial score (nSPS) is 14.3. The van der Waals surface area contributed by atoms with Crippen LogP contribution >= 0.6 is 24.0 Å². The fraction of sp³-hybridized carbons (Fsp3) is 0.533. The summed E-state index contributed by atoms with van der Waals surface area (Å²) in [6, 6.07) is 5.51. The molecule has 6 heteroatoms. The number of nitrogens with two attached hydrogens (primary N) is 1. The summed E-state index contributed by atoms with van der Waals surface area (Å²) in [6.07, 6.45) is 5.14. The molecule has 0 unspecified atom stereocenters. The highest BCUT2D eigenvalue weighted by Gasteiger charge is 2.19. The van der Waals surface area contributed by atoms with Crippen LogP contribution in [0, 0.1) is 5.92 Å². The lowest BCUT2D eigenvalue weighted by atomic mass is 10.2. The molecule has 0 aromatic heterocycles. The van der Waals surface area contributed by atoms with E-state index in [4.69, 9.17) is 15.2 Å². The number of benzene rings is 1. The van der Waals surface area contributed by atoms with Crippen LogP contribution in [0.15, 0.2) is 23.2 Å². The van der Waals surface area contributed by atoms with Gasteiger partial charge in [0.1, 0.15) is 11.5 Å². The van der Waals surface area contributed by atoms with Crippen molar-refractivity contribution in [1.82, 2.24) is 0 Å². The van der Waals surface area contributed by atoms with Crippen molar-refractivity contribution < 1.29 is 9.47 Å². The van der Waals surface area contributed by atoms with Crippen LogP contribution in [0.3, 0.4) is 0 Å². The van der Waals surface area contributed by atoms with E-state index in [1.807, 2.05) is 18.2 Å². The molecular formula is C15H24IN3O2. The lowest BCUT2D eigenvalue weighted by Gasteiger charge is -2.12. The Morgan fingerprint density at radius 1 is 1.33 bits per heavy atom. The van der Waals surface area contributed by atoms with E-state index in [1.165, 1.54) is 19.3 Å². The number of anilines is 1. The fourth-order valence-corrected chi connectivity index (χ4v) is 2.08. The molecule has 118 valence electrons.